The summed E-state index contributed by atoms with van der Waals surface area (Å²) >= 11 is 0. The van der Waals surface area contributed by atoms with Crippen LogP contribution < -0.4 is 11.1 Å². The second-order valence-corrected chi connectivity index (χ2v) is 4.91. The quantitative estimate of drug-likeness (QED) is 0.857. The Balaban J connectivity index is 0.00000162. The predicted molar refractivity (Wildman–Crippen MR) is 76.0 cm³/mol. The third-order valence-electron chi connectivity index (χ3n) is 3.57. The molecule has 0 unspecified atom stereocenters. The van der Waals surface area contributed by atoms with Crippen LogP contribution in [0.4, 0.5) is 0 Å². The molecule has 4 heteroatoms. The van der Waals surface area contributed by atoms with Crippen LogP contribution in [0.5, 0.6) is 0 Å². The van der Waals surface area contributed by atoms with Crippen molar-refractivity contribution >= 4 is 18.3 Å². The number of hydrogen-bond donors (Lipinski definition) is 2. The van der Waals surface area contributed by atoms with E-state index in [0.29, 0.717) is 13.0 Å². The fourth-order valence-electron chi connectivity index (χ4n) is 2.35. The van der Waals surface area contributed by atoms with E-state index in [4.69, 9.17) is 5.73 Å². The van der Waals surface area contributed by atoms with E-state index in [1.54, 1.807) is 0 Å². The van der Waals surface area contributed by atoms with Gasteiger partial charge in [-0.3, -0.25) is 4.79 Å². The first-order chi connectivity index (χ1) is 8.18. The van der Waals surface area contributed by atoms with Crippen molar-refractivity contribution < 1.29 is 4.79 Å². The van der Waals surface area contributed by atoms with E-state index in [1.165, 1.54) is 24.0 Å². The number of rotatable bonds is 5. The van der Waals surface area contributed by atoms with Gasteiger partial charge in [-0.25, -0.2) is 0 Å². The van der Waals surface area contributed by atoms with Crippen molar-refractivity contribution in [2.75, 3.05) is 13.1 Å². The van der Waals surface area contributed by atoms with Gasteiger partial charge in [0.05, 0.1) is 0 Å². The lowest BCUT2D eigenvalue weighted by Crippen LogP contribution is -2.33. The molecule has 0 bridgehead atoms. The summed E-state index contributed by atoms with van der Waals surface area (Å²) in [5, 5.41) is 2.99. The van der Waals surface area contributed by atoms with Crippen LogP contribution >= 0.6 is 12.4 Å². The fraction of sp³-hybridized carbons (Fsp3) is 0.500. The minimum Gasteiger partial charge on any atom is -0.355 e. The van der Waals surface area contributed by atoms with Crippen LogP contribution in [0.25, 0.3) is 0 Å². The van der Waals surface area contributed by atoms with Crippen molar-refractivity contribution in [3.8, 4) is 0 Å². The van der Waals surface area contributed by atoms with Gasteiger partial charge in [0.1, 0.15) is 0 Å². The van der Waals surface area contributed by atoms with Gasteiger partial charge in [-0.15, -0.1) is 12.4 Å². The molecule has 1 saturated carbocycles. The second kappa shape index (κ2) is 6.21. The molecule has 1 aromatic rings. The number of nitrogens with one attached hydrogen (secondary N) is 1. The summed E-state index contributed by atoms with van der Waals surface area (Å²) in [4.78, 5) is 11.4. The number of aryl methyl sites for hydroxylation is 1. The molecule has 0 aliphatic heterocycles. The highest BCUT2D eigenvalue weighted by atomic mass is 35.5. The normalized spacial score (nSPS) is 15.7. The largest absolute Gasteiger partial charge is 0.355 e. The third-order valence-corrected chi connectivity index (χ3v) is 3.57. The van der Waals surface area contributed by atoms with Gasteiger partial charge in [0.25, 0.3) is 0 Å². The second-order valence-electron chi connectivity index (χ2n) is 4.91. The van der Waals surface area contributed by atoms with Crippen LogP contribution in [0, 0.1) is 6.92 Å². The average molecular weight is 269 g/mol. The Labute approximate surface area is 115 Å². The average Bonchev–Trinajstić information content (AvgIpc) is 3.09. The van der Waals surface area contributed by atoms with E-state index >= 15 is 0 Å². The van der Waals surface area contributed by atoms with Crippen LogP contribution in [0.15, 0.2) is 24.3 Å². The molecule has 0 aromatic heterocycles. The van der Waals surface area contributed by atoms with E-state index in [0.717, 1.165) is 6.54 Å². The highest BCUT2D eigenvalue weighted by Gasteiger charge is 2.44. The number of carbonyl (C=O) groups excluding carboxylic acids is 1. The van der Waals surface area contributed by atoms with Gasteiger partial charge in [-0.1, -0.05) is 24.3 Å². The SMILES string of the molecule is Cc1ccccc1C1(CNC(=O)CCN)CC1.Cl. The smallest absolute Gasteiger partial charge is 0.221 e. The summed E-state index contributed by atoms with van der Waals surface area (Å²) in [5.74, 6) is 0.0624. The standard InChI is InChI=1S/C14H20N2O.ClH/c1-11-4-2-3-5-12(11)14(7-8-14)10-16-13(17)6-9-15;/h2-5H,6-10,15H2,1H3,(H,16,17);1H. The maximum atomic E-state index is 11.4. The summed E-state index contributed by atoms with van der Waals surface area (Å²) in [6.07, 6.45) is 2.76. The van der Waals surface area contributed by atoms with Crippen molar-refractivity contribution in [2.24, 2.45) is 5.73 Å². The van der Waals surface area contributed by atoms with Gasteiger partial charge in [-0.05, 0) is 30.9 Å². The monoisotopic (exact) mass is 268 g/mol. The number of halogens is 1. The summed E-state index contributed by atoms with van der Waals surface area (Å²) in [6.45, 7) is 3.30. The molecule has 0 atom stereocenters. The topological polar surface area (TPSA) is 55.1 Å². The molecule has 0 saturated heterocycles. The Kier molecular flexibility index (Phi) is 5.17. The molecule has 1 fully saturated rings. The summed E-state index contributed by atoms with van der Waals surface area (Å²) < 4.78 is 0. The first kappa shape index (κ1) is 15.0. The number of amides is 1. The molecule has 0 spiro atoms. The van der Waals surface area contributed by atoms with Crippen LogP contribution in [0.3, 0.4) is 0 Å². The Bertz CT molecular complexity index is 416. The van der Waals surface area contributed by atoms with E-state index in [2.05, 4.69) is 36.5 Å². The van der Waals surface area contributed by atoms with Crippen LogP contribution in [-0.2, 0) is 10.2 Å². The predicted octanol–water partition coefficient (Wildman–Crippen LogP) is 1.91. The molecular formula is C14H21ClN2O. The van der Waals surface area contributed by atoms with Crippen LogP contribution in [-0.4, -0.2) is 19.0 Å². The molecule has 3 nitrogen and oxygen atoms in total. The van der Waals surface area contributed by atoms with Crippen LogP contribution in [0.1, 0.15) is 30.4 Å². The summed E-state index contributed by atoms with van der Waals surface area (Å²) in [6, 6.07) is 8.44. The van der Waals surface area contributed by atoms with Gasteiger partial charge < -0.3 is 11.1 Å². The molecule has 18 heavy (non-hydrogen) atoms. The van der Waals surface area contributed by atoms with Gasteiger partial charge in [0, 0.05) is 24.9 Å². The van der Waals surface area contributed by atoms with Gasteiger partial charge in [-0.2, -0.15) is 0 Å². The Morgan fingerprint density at radius 2 is 2.06 bits per heavy atom. The lowest BCUT2D eigenvalue weighted by atomic mass is 9.92. The van der Waals surface area contributed by atoms with Gasteiger partial charge in [0.15, 0.2) is 0 Å². The Morgan fingerprint density at radius 1 is 1.39 bits per heavy atom. The van der Waals surface area contributed by atoms with Crippen LogP contribution in [0.2, 0.25) is 0 Å². The molecule has 1 aliphatic carbocycles. The minimum absolute atomic E-state index is 0. The molecule has 1 amide bonds. The summed E-state index contributed by atoms with van der Waals surface area (Å²) in [5.41, 5.74) is 8.25. The lowest BCUT2D eigenvalue weighted by molar-refractivity contribution is -0.121. The van der Waals surface area contributed by atoms with Gasteiger partial charge >= 0.3 is 0 Å². The number of carbonyl (C=O) groups is 1. The molecule has 3 N–H and O–H groups in total. The molecule has 2 rings (SSSR count). The number of hydrogen-bond acceptors (Lipinski definition) is 2. The zero-order chi connectivity index (χ0) is 12.3. The molecule has 0 heterocycles. The molecule has 0 radical (unpaired) electrons. The van der Waals surface area contributed by atoms with E-state index in [1.807, 2.05) is 0 Å². The minimum atomic E-state index is 0. The zero-order valence-electron chi connectivity index (χ0n) is 10.7. The highest BCUT2D eigenvalue weighted by Crippen LogP contribution is 2.48. The summed E-state index contributed by atoms with van der Waals surface area (Å²) in [7, 11) is 0. The van der Waals surface area contributed by atoms with Crippen molar-refractivity contribution in [3.63, 3.8) is 0 Å². The molecule has 1 aliphatic rings. The Hall–Kier alpha value is -1.06. The number of nitrogens with two attached hydrogens (primary N) is 1. The van der Waals surface area contributed by atoms with Gasteiger partial charge in [0.2, 0.25) is 5.91 Å². The third kappa shape index (κ3) is 3.24. The number of benzene rings is 1. The van der Waals surface area contributed by atoms with Crippen molar-refractivity contribution in [1.82, 2.24) is 5.32 Å². The molecule has 100 valence electrons. The van der Waals surface area contributed by atoms with E-state index in [9.17, 15) is 4.79 Å². The maximum Gasteiger partial charge on any atom is 0.221 e. The van der Waals surface area contributed by atoms with E-state index in [-0.39, 0.29) is 23.7 Å². The van der Waals surface area contributed by atoms with Crippen molar-refractivity contribution in [3.05, 3.63) is 35.4 Å². The lowest BCUT2D eigenvalue weighted by Gasteiger charge is -2.18. The molecule has 1 aromatic carbocycles. The van der Waals surface area contributed by atoms with Crippen molar-refractivity contribution in [2.45, 2.75) is 31.6 Å². The van der Waals surface area contributed by atoms with Crippen molar-refractivity contribution in [1.29, 1.82) is 0 Å². The highest BCUT2D eigenvalue weighted by molar-refractivity contribution is 5.85. The zero-order valence-corrected chi connectivity index (χ0v) is 11.6. The fourth-order valence-corrected chi connectivity index (χ4v) is 2.35. The first-order valence-corrected chi connectivity index (χ1v) is 6.21. The molecular weight excluding hydrogens is 248 g/mol. The Morgan fingerprint density at radius 3 is 2.61 bits per heavy atom. The van der Waals surface area contributed by atoms with E-state index < -0.39 is 0 Å². The first-order valence-electron chi connectivity index (χ1n) is 6.21. The maximum absolute atomic E-state index is 11.4.